The first-order valence-corrected chi connectivity index (χ1v) is 8.34. The van der Waals surface area contributed by atoms with Gasteiger partial charge in [-0.15, -0.1) is 0 Å². The molecule has 0 fully saturated rings. The number of hydrogen-bond donors (Lipinski definition) is 2. The molecule has 0 aliphatic carbocycles. The maximum Gasteiger partial charge on any atom is 0.338 e. The molecule has 2 rings (SSSR count). The first-order chi connectivity index (χ1) is 11.2. The minimum Gasteiger partial charge on any atom is -0.465 e. The molecule has 0 saturated heterocycles. The number of amides is 1. The summed E-state index contributed by atoms with van der Waals surface area (Å²) < 4.78 is 31.9. The minimum absolute atomic E-state index is 0.0764. The second-order valence-corrected chi connectivity index (χ2v) is 6.70. The van der Waals surface area contributed by atoms with Crippen molar-refractivity contribution in [2.45, 2.75) is 11.8 Å². The van der Waals surface area contributed by atoms with Crippen LogP contribution >= 0.6 is 0 Å². The van der Waals surface area contributed by atoms with Gasteiger partial charge in [-0.25, -0.2) is 13.2 Å². The van der Waals surface area contributed by atoms with Crippen LogP contribution in [0.5, 0.6) is 0 Å². The highest BCUT2D eigenvalue weighted by Gasteiger charge is 2.18. The Balaban J connectivity index is 2.33. The van der Waals surface area contributed by atoms with Gasteiger partial charge in [-0.1, -0.05) is 6.07 Å². The topological polar surface area (TPSA) is 116 Å². The Morgan fingerprint density at radius 1 is 1.08 bits per heavy atom. The summed E-state index contributed by atoms with van der Waals surface area (Å²) in [6, 6.07) is 9.84. The SMILES string of the molecule is COC(=O)c1cc(S(=O)(=O)Nc2ccc(C(N)=O)cc2)ccc1C. The van der Waals surface area contributed by atoms with Crippen LogP contribution in [0.4, 0.5) is 5.69 Å². The summed E-state index contributed by atoms with van der Waals surface area (Å²) in [4.78, 5) is 22.6. The summed E-state index contributed by atoms with van der Waals surface area (Å²) >= 11 is 0. The largest absolute Gasteiger partial charge is 0.465 e. The van der Waals surface area contributed by atoms with Crippen molar-refractivity contribution in [2.75, 3.05) is 11.8 Å². The highest BCUT2D eigenvalue weighted by molar-refractivity contribution is 7.92. The van der Waals surface area contributed by atoms with E-state index < -0.39 is 21.9 Å². The molecule has 126 valence electrons. The third-order valence-corrected chi connectivity index (χ3v) is 4.73. The van der Waals surface area contributed by atoms with Gasteiger partial charge in [-0.2, -0.15) is 0 Å². The van der Waals surface area contributed by atoms with Gasteiger partial charge in [-0.3, -0.25) is 9.52 Å². The number of nitrogens with one attached hydrogen (secondary N) is 1. The molecule has 24 heavy (non-hydrogen) atoms. The van der Waals surface area contributed by atoms with Crippen molar-refractivity contribution in [3.63, 3.8) is 0 Å². The number of rotatable bonds is 5. The Bertz CT molecular complexity index is 889. The lowest BCUT2D eigenvalue weighted by atomic mass is 10.1. The second kappa shape index (κ2) is 6.71. The molecule has 0 aliphatic heterocycles. The number of ether oxygens (including phenoxy) is 1. The molecule has 0 heterocycles. The Hall–Kier alpha value is -2.87. The number of aryl methyl sites for hydroxylation is 1. The normalized spacial score (nSPS) is 10.9. The van der Waals surface area contributed by atoms with Gasteiger partial charge in [-0.05, 0) is 48.9 Å². The fraction of sp³-hybridized carbons (Fsp3) is 0.125. The van der Waals surface area contributed by atoms with Gasteiger partial charge < -0.3 is 10.5 Å². The van der Waals surface area contributed by atoms with Crippen molar-refractivity contribution in [2.24, 2.45) is 5.73 Å². The van der Waals surface area contributed by atoms with Crippen molar-refractivity contribution in [1.29, 1.82) is 0 Å². The van der Waals surface area contributed by atoms with E-state index >= 15 is 0 Å². The molecule has 0 aliphatic rings. The van der Waals surface area contributed by atoms with Gasteiger partial charge in [0.25, 0.3) is 10.0 Å². The van der Waals surface area contributed by atoms with Gasteiger partial charge in [0.15, 0.2) is 0 Å². The maximum atomic E-state index is 12.4. The van der Waals surface area contributed by atoms with E-state index in [0.717, 1.165) is 0 Å². The Morgan fingerprint density at radius 3 is 2.25 bits per heavy atom. The fourth-order valence-electron chi connectivity index (χ4n) is 2.01. The number of nitrogens with two attached hydrogens (primary N) is 1. The second-order valence-electron chi connectivity index (χ2n) is 5.02. The summed E-state index contributed by atoms with van der Waals surface area (Å²) in [5.41, 5.74) is 6.44. The average Bonchev–Trinajstić information content (AvgIpc) is 2.54. The van der Waals surface area contributed by atoms with Crippen LogP contribution in [0.1, 0.15) is 26.3 Å². The fourth-order valence-corrected chi connectivity index (χ4v) is 3.10. The van der Waals surface area contributed by atoms with E-state index in [-0.39, 0.29) is 21.7 Å². The van der Waals surface area contributed by atoms with E-state index in [4.69, 9.17) is 5.73 Å². The predicted molar refractivity (Wildman–Crippen MR) is 88.3 cm³/mol. The maximum absolute atomic E-state index is 12.4. The van der Waals surface area contributed by atoms with Crippen molar-refractivity contribution in [3.05, 3.63) is 59.2 Å². The lowest BCUT2D eigenvalue weighted by Crippen LogP contribution is -2.15. The molecule has 2 aromatic rings. The van der Waals surface area contributed by atoms with Crippen LogP contribution in [0.15, 0.2) is 47.4 Å². The number of methoxy groups -OCH3 is 1. The quantitative estimate of drug-likeness (QED) is 0.798. The molecule has 0 atom stereocenters. The Labute approximate surface area is 139 Å². The number of sulfonamides is 1. The highest BCUT2D eigenvalue weighted by Crippen LogP contribution is 2.20. The van der Waals surface area contributed by atoms with Gasteiger partial charge >= 0.3 is 5.97 Å². The van der Waals surface area contributed by atoms with Gasteiger partial charge in [0.2, 0.25) is 5.91 Å². The smallest absolute Gasteiger partial charge is 0.338 e. The highest BCUT2D eigenvalue weighted by atomic mass is 32.2. The molecular weight excluding hydrogens is 332 g/mol. The Kier molecular flexibility index (Phi) is 4.89. The van der Waals surface area contributed by atoms with Crippen LogP contribution in [-0.4, -0.2) is 27.4 Å². The van der Waals surface area contributed by atoms with E-state index in [1.165, 1.54) is 49.6 Å². The van der Waals surface area contributed by atoms with Crippen molar-refractivity contribution in [1.82, 2.24) is 0 Å². The number of carbonyl (C=O) groups is 2. The van der Waals surface area contributed by atoms with Crippen molar-refractivity contribution in [3.8, 4) is 0 Å². The number of benzene rings is 2. The zero-order valence-electron chi connectivity index (χ0n) is 13.1. The minimum atomic E-state index is -3.90. The van der Waals surface area contributed by atoms with E-state index in [2.05, 4.69) is 9.46 Å². The number of primary amides is 1. The Morgan fingerprint density at radius 2 is 1.71 bits per heavy atom. The summed E-state index contributed by atoms with van der Waals surface area (Å²) in [5.74, 6) is -1.22. The lowest BCUT2D eigenvalue weighted by molar-refractivity contribution is 0.0599. The molecule has 2 aromatic carbocycles. The van der Waals surface area contributed by atoms with Crippen LogP contribution in [0.3, 0.4) is 0 Å². The summed E-state index contributed by atoms with van der Waals surface area (Å²) in [6.07, 6.45) is 0. The molecule has 0 bridgehead atoms. The first kappa shape index (κ1) is 17.5. The third-order valence-electron chi connectivity index (χ3n) is 3.35. The zero-order valence-corrected chi connectivity index (χ0v) is 13.9. The molecule has 0 saturated carbocycles. The predicted octanol–water partition coefficient (Wildman–Crippen LogP) is 1.68. The molecule has 0 unspecified atom stereocenters. The van der Waals surface area contributed by atoms with E-state index in [9.17, 15) is 18.0 Å². The molecule has 0 aromatic heterocycles. The summed E-state index contributed by atoms with van der Waals surface area (Å²) in [7, 11) is -2.68. The van der Waals surface area contributed by atoms with E-state index in [1.807, 2.05) is 0 Å². The first-order valence-electron chi connectivity index (χ1n) is 6.86. The van der Waals surface area contributed by atoms with Gasteiger partial charge in [0, 0.05) is 11.3 Å². The summed E-state index contributed by atoms with van der Waals surface area (Å²) in [5, 5.41) is 0. The van der Waals surface area contributed by atoms with Crippen LogP contribution in [0, 0.1) is 6.92 Å². The van der Waals surface area contributed by atoms with Crippen LogP contribution in [0.25, 0.3) is 0 Å². The lowest BCUT2D eigenvalue weighted by Gasteiger charge is -2.11. The molecule has 7 nitrogen and oxygen atoms in total. The molecule has 1 amide bonds. The number of carbonyl (C=O) groups excluding carboxylic acids is 2. The molecule has 3 N–H and O–H groups in total. The molecule has 8 heteroatoms. The van der Waals surface area contributed by atoms with Crippen molar-refractivity contribution >= 4 is 27.6 Å². The van der Waals surface area contributed by atoms with Gasteiger partial charge in [0.05, 0.1) is 17.6 Å². The van der Waals surface area contributed by atoms with Crippen molar-refractivity contribution < 1.29 is 22.7 Å². The number of anilines is 1. The summed E-state index contributed by atoms with van der Waals surface area (Å²) in [6.45, 7) is 1.68. The van der Waals surface area contributed by atoms with Crippen LogP contribution in [-0.2, 0) is 14.8 Å². The van der Waals surface area contributed by atoms with E-state index in [1.54, 1.807) is 6.92 Å². The van der Waals surface area contributed by atoms with Crippen LogP contribution < -0.4 is 10.5 Å². The average molecular weight is 348 g/mol. The molecular formula is C16H16N2O5S. The number of hydrogen-bond acceptors (Lipinski definition) is 5. The monoisotopic (exact) mass is 348 g/mol. The van der Waals surface area contributed by atoms with Crippen LogP contribution in [0.2, 0.25) is 0 Å². The third kappa shape index (κ3) is 3.72. The molecule has 0 spiro atoms. The molecule has 0 radical (unpaired) electrons. The van der Waals surface area contributed by atoms with Gasteiger partial charge in [0.1, 0.15) is 0 Å². The standard InChI is InChI=1S/C16H16N2O5S/c1-10-3-8-13(9-14(10)16(20)23-2)24(21,22)18-12-6-4-11(5-7-12)15(17)19/h3-9,18H,1-2H3,(H2,17,19). The zero-order chi connectivity index (χ0) is 17.9. The van der Waals surface area contributed by atoms with E-state index in [0.29, 0.717) is 5.56 Å². The number of esters is 1.